The summed E-state index contributed by atoms with van der Waals surface area (Å²) in [7, 11) is 0. The molecular formula is C12H20N2O2S. The van der Waals surface area contributed by atoms with Crippen LogP contribution in [0.2, 0.25) is 0 Å². The largest absolute Gasteiger partial charge is 0.481 e. The average Bonchev–Trinajstić information content (AvgIpc) is 2.68. The Kier molecular flexibility index (Phi) is 6.15. The molecule has 1 aromatic rings. The average molecular weight is 256 g/mol. The van der Waals surface area contributed by atoms with E-state index in [1.807, 2.05) is 13.1 Å². The highest BCUT2D eigenvalue weighted by Gasteiger charge is 2.05. The predicted molar refractivity (Wildman–Crippen MR) is 69.2 cm³/mol. The minimum atomic E-state index is -0.704. The molecule has 1 atom stereocenters. The van der Waals surface area contributed by atoms with E-state index in [-0.39, 0.29) is 6.42 Å². The number of aliphatic carboxylic acids is 1. The van der Waals surface area contributed by atoms with Crippen molar-refractivity contribution in [2.75, 3.05) is 6.54 Å². The third-order valence-corrected chi connectivity index (χ3v) is 3.55. The number of hydrogen-bond acceptors (Lipinski definition) is 4. The van der Waals surface area contributed by atoms with Gasteiger partial charge in [-0.3, -0.25) is 4.79 Å². The van der Waals surface area contributed by atoms with Crippen molar-refractivity contribution in [3.8, 4) is 0 Å². The number of rotatable bonds is 8. The van der Waals surface area contributed by atoms with Crippen LogP contribution in [0.25, 0.3) is 0 Å². The fourth-order valence-electron chi connectivity index (χ4n) is 1.56. The molecule has 0 amide bonds. The minimum Gasteiger partial charge on any atom is -0.481 e. The lowest BCUT2D eigenvalue weighted by Gasteiger charge is -2.09. The van der Waals surface area contributed by atoms with Crippen LogP contribution in [-0.4, -0.2) is 22.6 Å². The van der Waals surface area contributed by atoms with E-state index in [9.17, 15) is 4.79 Å². The molecule has 5 heteroatoms. The highest BCUT2D eigenvalue weighted by atomic mass is 32.1. The molecule has 17 heavy (non-hydrogen) atoms. The van der Waals surface area contributed by atoms with Crippen molar-refractivity contribution in [1.29, 1.82) is 0 Å². The summed E-state index contributed by atoms with van der Waals surface area (Å²) in [5.41, 5.74) is 0. The second-order valence-corrected chi connectivity index (χ2v) is 5.67. The van der Waals surface area contributed by atoms with Gasteiger partial charge < -0.3 is 10.4 Å². The molecular weight excluding hydrogens is 236 g/mol. The number of hydrogen-bond donors (Lipinski definition) is 2. The first-order valence-electron chi connectivity index (χ1n) is 5.91. The van der Waals surface area contributed by atoms with Crippen molar-refractivity contribution < 1.29 is 9.90 Å². The molecule has 0 saturated carbocycles. The van der Waals surface area contributed by atoms with E-state index in [1.165, 1.54) is 4.88 Å². The second kappa shape index (κ2) is 7.40. The van der Waals surface area contributed by atoms with Crippen LogP contribution in [0.1, 0.15) is 36.1 Å². The summed E-state index contributed by atoms with van der Waals surface area (Å²) < 4.78 is 0. The molecule has 1 rings (SSSR count). The van der Waals surface area contributed by atoms with Gasteiger partial charge in [-0.2, -0.15) is 0 Å². The van der Waals surface area contributed by atoms with Crippen LogP contribution < -0.4 is 5.32 Å². The molecule has 1 unspecified atom stereocenters. The van der Waals surface area contributed by atoms with Gasteiger partial charge in [-0.05, 0) is 32.2 Å². The molecule has 0 saturated heterocycles. The van der Waals surface area contributed by atoms with Crippen molar-refractivity contribution in [1.82, 2.24) is 10.3 Å². The maximum absolute atomic E-state index is 10.4. The van der Waals surface area contributed by atoms with Gasteiger partial charge >= 0.3 is 5.97 Å². The molecule has 0 fully saturated rings. The third-order valence-electron chi connectivity index (χ3n) is 2.63. The molecule has 0 bridgehead atoms. The van der Waals surface area contributed by atoms with Gasteiger partial charge in [-0.25, -0.2) is 4.98 Å². The van der Waals surface area contributed by atoms with Crippen LogP contribution in [0.15, 0.2) is 6.20 Å². The van der Waals surface area contributed by atoms with Gasteiger partial charge in [0.2, 0.25) is 0 Å². The van der Waals surface area contributed by atoms with Crippen molar-refractivity contribution in [2.24, 2.45) is 5.92 Å². The first kappa shape index (κ1) is 14.1. The Morgan fingerprint density at radius 3 is 2.94 bits per heavy atom. The van der Waals surface area contributed by atoms with Gasteiger partial charge in [0.1, 0.15) is 0 Å². The van der Waals surface area contributed by atoms with E-state index < -0.39 is 5.97 Å². The zero-order valence-corrected chi connectivity index (χ0v) is 11.2. The van der Waals surface area contributed by atoms with Gasteiger partial charge in [0.15, 0.2) is 0 Å². The molecule has 0 aromatic carbocycles. The lowest BCUT2D eigenvalue weighted by molar-refractivity contribution is -0.137. The first-order chi connectivity index (χ1) is 8.08. The van der Waals surface area contributed by atoms with Gasteiger partial charge in [0.25, 0.3) is 0 Å². The number of aryl methyl sites for hydroxylation is 1. The zero-order valence-electron chi connectivity index (χ0n) is 10.4. The van der Waals surface area contributed by atoms with Gasteiger partial charge in [0.05, 0.1) is 5.01 Å². The summed E-state index contributed by atoms with van der Waals surface area (Å²) in [6, 6.07) is 0. The summed E-state index contributed by atoms with van der Waals surface area (Å²) >= 11 is 1.71. The van der Waals surface area contributed by atoms with Crippen molar-refractivity contribution in [3.63, 3.8) is 0 Å². The number of aromatic nitrogens is 1. The number of nitrogens with zero attached hydrogens (tertiary/aromatic N) is 1. The smallest absolute Gasteiger partial charge is 0.303 e. The SMILES string of the molecule is Cc1ncc(CNCCC(C)CCC(=O)O)s1. The number of carboxylic acids is 1. The number of carbonyl (C=O) groups is 1. The topological polar surface area (TPSA) is 62.2 Å². The molecule has 2 N–H and O–H groups in total. The van der Waals surface area contributed by atoms with Gasteiger partial charge in [0, 0.05) is 24.0 Å². The van der Waals surface area contributed by atoms with E-state index in [4.69, 9.17) is 5.11 Å². The monoisotopic (exact) mass is 256 g/mol. The lowest BCUT2D eigenvalue weighted by atomic mass is 10.0. The van der Waals surface area contributed by atoms with Crippen LogP contribution >= 0.6 is 11.3 Å². The number of carboxylic acid groups (broad SMARTS) is 1. The molecule has 0 aliphatic carbocycles. The number of thiazole rings is 1. The van der Waals surface area contributed by atoms with Crippen LogP contribution in [0.4, 0.5) is 0 Å². The second-order valence-electron chi connectivity index (χ2n) is 4.35. The fourth-order valence-corrected chi connectivity index (χ4v) is 2.33. The summed E-state index contributed by atoms with van der Waals surface area (Å²) in [5, 5.41) is 13.0. The van der Waals surface area contributed by atoms with E-state index in [1.54, 1.807) is 11.3 Å². The Morgan fingerprint density at radius 2 is 2.35 bits per heavy atom. The van der Waals surface area contributed by atoms with E-state index >= 15 is 0 Å². The first-order valence-corrected chi connectivity index (χ1v) is 6.73. The van der Waals surface area contributed by atoms with Crippen molar-refractivity contribution in [3.05, 3.63) is 16.1 Å². The molecule has 0 aliphatic heterocycles. The standard InChI is InChI=1S/C12H20N2O2S/c1-9(3-4-12(15)16)5-6-13-7-11-8-14-10(2)17-11/h8-9,13H,3-7H2,1-2H3,(H,15,16). The Morgan fingerprint density at radius 1 is 1.59 bits per heavy atom. The maximum atomic E-state index is 10.4. The van der Waals surface area contributed by atoms with Crippen molar-refractivity contribution >= 4 is 17.3 Å². The van der Waals surface area contributed by atoms with Gasteiger partial charge in [-0.1, -0.05) is 6.92 Å². The van der Waals surface area contributed by atoms with E-state index in [0.717, 1.165) is 30.9 Å². The summed E-state index contributed by atoms with van der Waals surface area (Å²) in [5.74, 6) is -0.244. The zero-order chi connectivity index (χ0) is 12.7. The van der Waals surface area contributed by atoms with Crippen LogP contribution in [-0.2, 0) is 11.3 Å². The summed E-state index contributed by atoms with van der Waals surface area (Å²) in [4.78, 5) is 15.8. The third kappa shape index (κ3) is 6.38. The Labute approximate surface area is 106 Å². The maximum Gasteiger partial charge on any atom is 0.303 e. The fraction of sp³-hybridized carbons (Fsp3) is 0.667. The van der Waals surface area contributed by atoms with Crippen LogP contribution in [0.5, 0.6) is 0 Å². The highest BCUT2D eigenvalue weighted by Crippen LogP contribution is 2.12. The molecule has 0 spiro atoms. The molecule has 0 aliphatic rings. The van der Waals surface area contributed by atoms with Crippen LogP contribution in [0, 0.1) is 12.8 Å². The molecule has 4 nitrogen and oxygen atoms in total. The van der Waals surface area contributed by atoms with Crippen LogP contribution in [0.3, 0.4) is 0 Å². The summed E-state index contributed by atoms with van der Waals surface area (Å²) in [6.45, 7) is 5.89. The number of nitrogens with one attached hydrogen (secondary N) is 1. The molecule has 1 aromatic heterocycles. The van der Waals surface area contributed by atoms with Crippen molar-refractivity contribution in [2.45, 2.75) is 39.7 Å². The normalized spacial score (nSPS) is 12.6. The van der Waals surface area contributed by atoms with E-state index in [0.29, 0.717) is 5.92 Å². The molecule has 1 heterocycles. The Balaban J connectivity index is 2.05. The predicted octanol–water partition coefficient (Wildman–Crippen LogP) is 2.43. The molecule has 96 valence electrons. The van der Waals surface area contributed by atoms with E-state index in [2.05, 4.69) is 17.2 Å². The Bertz CT molecular complexity index is 352. The highest BCUT2D eigenvalue weighted by molar-refractivity contribution is 7.11. The van der Waals surface area contributed by atoms with Gasteiger partial charge in [-0.15, -0.1) is 11.3 Å². The Hall–Kier alpha value is -0.940. The lowest BCUT2D eigenvalue weighted by Crippen LogP contribution is -2.16. The molecule has 0 radical (unpaired) electrons. The minimum absolute atomic E-state index is 0.273. The summed E-state index contributed by atoms with van der Waals surface area (Å²) in [6.07, 6.45) is 3.96. The quantitative estimate of drug-likeness (QED) is 0.701.